The van der Waals surface area contributed by atoms with E-state index in [1.165, 1.54) is 12.1 Å². The van der Waals surface area contributed by atoms with Gasteiger partial charge < -0.3 is 39.5 Å². The molecular formula is C59H67ClF4N14O4. The minimum Gasteiger partial charge on any atom is -0.444 e. The molecule has 4 aliphatic rings. The number of nitrogens with one attached hydrogen (secondary N) is 1. The number of imidazole rings is 2. The lowest BCUT2D eigenvalue weighted by atomic mass is 10.0. The van der Waals surface area contributed by atoms with Crippen LogP contribution in [0.2, 0.25) is 5.28 Å². The van der Waals surface area contributed by atoms with E-state index in [2.05, 4.69) is 72.9 Å². The van der Waals surface area contributed by atoms with E-state index in [0.717, 1.165) is 78.7 Å². The molecule has 2 amide bonds. The molecule has 0 saturated heterocycles. The molecule has 0 spiro atoms. The number of carbonyl (C=O) groups excluding carboxylic acids is 2. The van der Waals surface area contributed by atoms with Gasteiger partial charge in [0.2, 0.25) is 11.2 Å². The summed E-state index contributed by atoms with van der Waals surface area (Å²) in [6.45, 7) is 21.5. The van der Waals surface area contributed by atoms with Crippen molar-refractivity contribution in [3.63, 3.8) is 0 Å². The van der Waals surface area contributed by atoms with Crippen LogP contribution < -0.4 is 11.1 Å². The molecule has 8 aromatic rings. The van der Waals surface area contributed by atoms with Gasteiger partial charge in [0, 0.05) is 72.4 Å². The number of hydrogen-bond donors (Lipinski definition) is 2. The van der Waals surface area contributed by atoms with Crippen LogP contribution in [0.5, 0.6) is 0 Å². The highest BCUT2D eigenvalue weighted by Crippen LogP contribution is 2.40. The van der Waals surface area contributed by atoms with Gasteiger partial charge in [0.25, 0.3) is 0 Å². The molecule has 0 atom stereocenters. The first-order valence-electron chi connectivity index (χ1n) is 26.7. The van der Waals surface area contributed by atoms with Crippen molar-refractivity contribution in [3.8, 4) is 22.5 Å². The molecule has 10 heterocycles. The van der Waals surface area contributed by atoms with Crippen LogP contribution >= 0.6 is 11.6 Å². The summed E-state index contributed by atoms with van der Waals surface area (Å²) in [5.74, 6) is 0.502. The van der Waals surface area contributed by atoms with Crippen molar-refractivity contribution in [1.29, 1.82) is 0 Å². The molecule has 0 saturated carbocycles. The van der Waals surface area contributed by atoms with Crippen LogP contribution in [0.1, 0.15) is 124 Å². The van der Waals surface area contributed by atoms with E-state index >= 15 is 4.39 Å². The van der Waals surface area contributed by atoms with Gasteiger partial charge in [-0.05, 0) is 141 Å². The second kappa shape index (κ2) is 22.0. The lowest BCUT2D eigenvalue weighted by molar-refractivity contribution is 0.0212. The van der Waals surface area contributed by atoms with Crippen LogP contribution in [0, 0.1) is 23.3 Å². The fourth-order valence-corrected chi connectivity index (χ4v) is 10.7. The Morgan fingerprint density at radius 2 is 1.07 bits per heavy atom. The molecular weight excluding hydrogens is 1080 g/mol. The molecule has 2 aromatic carbocycles. The van der Waals surface area contributed by atoms with E-state index in [4.69, 9.17) is 26.8 Å². The molecule has 12 rings (SSSR count). The van der Waals surface area contributed by atoms with Crippen molar-refractivity contribution in [2.75, 3.05) is 24.1 Å². The molecule has 18 nitrogen and oxygen atoms in total. The Labute approximate surface area is 477 Å². The Balaban J connectivity index is 0.000000163. The third kappa shape index (κ3) is 12.3. The molecule has 3 N–H and O–H groups in total. The van der Waals surface area contributed by atoms with Crippen LogP contribution in [0.4, 0.5) is 44.7 Å². The number of amides is 2. The molecule has 82 heavy (non-hydrogen) atoms. The fraction of sp³-hybridized carbons (Fsp3) is 0.424. The standard InChI is InChI=1S/C29H31F2N7O2.C16H13ClF2N4.C13H19N3O2.CH4/c1-28(2,3)40-27(39)37-11-9-20-16(15-37)6-7-22(33-20)34-26-32-14-19(31)24(36-26)17-12-18(30)25-21(13-17)38-23(35-25)8-10-29(38,4)5;1-16(2)4-3-12-21-14-9(18)5-8(6-11(14)23(12)16)13-10(19)7-20-15(17)22-13;1-13(2,3)18-12(17)16-7-6-10-9(8-16)4-5-11(14)15-10;/h6-7,12-14H,8-11,15H2,1-5H3,(H,32,33,34,36);5-7H,3-4H2,1-2H3;4-5H,6-8H2,1-3H3,(H2,14,15);1H4. The average Bonchev–Trinajstić information content (AvgIpc) is 2.28. The predicted octanol–water partition coefficient (Wildman–Crippen LogP) is 12.6. The molecule has 6 aromatic heterocycles. The Morgan fingerprint density at radius 3 is 1.57 bits per heavy atom. The van der Waals surface area contributed by atoms with Crippen molar-refractivity contribution in [2.24, 2.45) is 0 Å². The van der Waals surface area contributed by atoms with E-state index in [0.29, 0.717) is 71.9 Å². The van der Waals surface area contributed by atoms with Gasteiger partial charge in [0.1, 0.15) is 56.9 Å². The van der Waals surface area contributed by atoms with E-state index in [1.54, 1.807) is 34.1 Å². The summed E-state index contributed by atoms with van der Waals surface area (Å²) in [4.78, 5) is 61.6. The fourth-order valence-electron chi connectivity index (χ4n) is 10.6. The number of benzene rings is 2. The van der Waals surface area contributed by atoms with Gasteiger partial charge in [-0.2, -0.15) is 0 Å². The monoisotopic (exact) mass is 1150 g/mol. The quantitative estimate of drug-likeness (QED) is 0.124. The number of halogens is 5. The maximum Gasteiger partial charge on any atom is 0.410 e. The number of nitrogen functional groups attached to an aromatic ring is 1. The normalized spacial score (nSPS) is 15.7. The number of carbonyl (C=O) groups is 2. The predicted molar refractivity (Wildman–Crippen MR) is 305 cm³/mol. The summed E-state index contributed by atoms with van der Waals surface area (Å²) in [6, 6.07) is 13.3. The molecule has 0 bridgehead atoms. The van der Waals surface area contributed by atoms with E-state index in [9.17, 15) is 22.8 Å². The van der Waals surface area contributed by atoms with Crippen molar-refractivity contribution in [1.82, 2.24) is 58.8 Å². The highest BCUT2D eigenvalue weighted by atomic mass is 35.5. The first kappa shape index (κ1) is 58.6. The molecule has 432 valence electrons. The third-order valence-electron chi connectivity index (χ3n) is 14.4. The Bertz CT molecular complexity index is 3800. The van der Waals surface area contributed by atoms with Gasteiger partial charge in [-0.3, -0.25) is 0 Å². The number of pyridine rings is 2. The number of rotatable bonds is 4. The summed E-state index contributed by atoms with van der Waals surface area (Å²) in [5, 5.41) is 2.96. The maximum absolute atomic E-state index is 15.1. The molecule has 0 aliphatic carbocycles. The topological polar surface area (TPSA) is 210 Å². The van der Waals surface area contributed by atoms with Crippen molar-refractivity contribution < 1.29 is 36.6 Å². The zero-order chi connectivity index (χ0) is 58.1. The van der Waals surface area contributed by atoms with Gasteiger partial charge in [-0.25, -0.2) is 67.0 Å². The van der Waals surface area contributed by atoms with Gasteiger partial charge >= 0.3 is 12.2 Å². The summed E-state index contributed by atoms with van der Waals surface area (Å²) >= 11 is 5.74. The molecule has 0 fully saturated rings. The largest absolute Gasteiger partial charge is 0.444 e. The summed E-state index contributed by atoms with van der Waals surface area (Å²) in [6.07, 6.45) is 6.10. The van der Waals surface area contributed by atoms with Crippen LogP contribution in [-0.4, -0.2) is 95.3 Å². The van der Waals surface area contributed by atoms with Crippen molar-refractivity contribution in [2.45, 2.75) is 151 Å². The van der Waals surface area contributed by atoms with E-state index in [1.807, 2.05) is 62.8 Å². The Morgan fingerprint density at radius 1 is 0.610 bits per heavy atom. The Kier molecular flexibility index (Phi) is 15.8. The lowest BCUT2D eigenvalue weighted by Crippen LogP contribution is -2.40. The minimum atomic E-state index is -0.662. The van der Waals surface area contributed by atoms with Crippen LogP contribution in [0.15, 0.2) is 60.9 Å². The maximum atomic E-state index is 15.1. The number of ether oxygens (including phenoxy) is 2. The van der Waals surface area contributed by atoms with Crippen molar-refractivity contribution in [3.05, 3.63) is 124 Å². The lowest BCUT2D eigenvalue weighted by Gasteiger charge is -2.30. The third-order valence-corrected chi connectivity index (χ3v) is 14.5. The van der Waals surface area contributed by atoms with Crippen molar-refractivity contribution >= 4 is 63.4 Å². The second-order valence-corrected chi connectivity index (χ2v) is 24.1. The number of fused-ring (bicyclic) bond motifs is 8. The average molecular weight is 1150 g/mol. The smallest absolute Gasteiger partial charge is 0.410 e. The highest BCUT2D eigenvalue weighted by molar-refractivity contribution is 6.28. The van der Waals surface area contributed by atoms with Gasteiger partial charge in [-0.15, -0.1) is 0 Å². The summed E-state index contributed by atoms with van der Waals surface area (Å²) < 4.78 is 73.5. The first-order chi connectivity index (χ1) is 38.1. The molecule has 23 heteroatoms. The van der Waals surface area contributed by atoms with E-state index in [-0.39, 0.29) is 58.8 Å². The van der Waals surface area contributed by atoms with Gasteiger partial charge in [0.15, 0.2) is 23.3 Å². The SMILES string of the molecule is C.CC(C)(C)OC(=O)N1CCc2nc(N)ccc2C1.CC(C)(C)OC(=O)N1CCc2nc(Nc3ncc(F)c(-c4cc(F)c5nc6n(c5c4)C(C)(C)CC6)n3)ccc2C1.CC1(C)CCc2nc3c(F)cc(-c4nc(Cl)ncc4F)cc3n21. The number of aromatic nitrogens is 10. The number of nitrogens with zero attached hydrogens (tertiary/aromatic N) is 12. The molecule has 4 aliphatic heterocycles. The summed E-state index contributed by atoms with van der Waals surface area (Å²) in [7, 11) is 0. The minimum absolute atomic E-state index is 0. The van der Waals surface area contributed by atoms with E-state index < -0.39 is 34.5 Å². The van der Waals surface area contributed by atoms with Crippen LogP contribution in [-0.2, 0) is 59.3 Å². The summed E-state index contributed by atoms with van der Waals surface area (Å²) in [5.41, 5.74) is 10.5. The van der Waals surface area contributed by atoms with Crippen LogP contribution in [0.25, 0.3) is 44.6 Å². The number of anilines is 3. The number of aryl methyl sites for hydroxylation is 2. The zero-order valence-electron chi connectivity index (χ0n) is 46.8. The highest BCUT2D eigenvalue weighted by Gasteiger charge is 2.35. The second-order valence-electron chi connectivity index (χ2n) is 23.8. The Hall–Kier alpha value is -8.01. The van der Waals surface area contributed by atoms with Crippen LogP contribution in [0.3, 0.4) is 0 Å². The number of hydrogen-bond acceptors (Lipinski definition) is 14. The van der Waals surface area contributed by atoms with Gasteiger partial charge in [0.05, 0.1) is 36.5 Å². The first-order valence-corrected chi connectivity index (χ1v) is 27.1. The molecule has 0 radical (unpaired) electrons. The van der Waals surface area contributed by atoms with Gasteiger partial charge in [-0.1, -0.05) is 19.6 Å². The molecule has 0 unspecified atom stereocenters. The zero-order valence-corrected chi connectivity index (χ0v) is 47.6. The number of nitrogens with two attached hydrogens (primary N) is 1.